The summed E-state index contributed by atoms with van der Waals surface area (Å²) in [4.78, 5) is 5.48. The minimum Gasteiger partial charge on any atom is -0.327 e. The fourth-order valence-corrected chi connectivity index (χ4v) is 4.81. The third-order valence-corrected chi connectivity index (χ3v) is 6.26. The van der Waals surface area contributed by atoms with E-state index >= 15 is 0 Å². The summed E-state index contributed by atoms with van der Waals surface area (Å²) in [6.45, 7) is 8.99. The molecule has 0 aromatic carbocycles. The number of rotatable bonds is 3. The van der Waals surface area contributed by atoms with E-state index in [1.54, 1.807) is 0 Å². The van der Waals surface area contributed by atoms with Gasteiger partial charge in [0.2, 0.25) is 0 Å². The first-order chi connectivity index (χ1) is 10.2. The maximum absolute atomic E-state index is 6.37. The summed E-state index contributed by atoms with van der Waals surface area (Å²) in [7, 11) is 0. The van der Waals surface area contributed by atoms with Crippen LogP contribution in [0.1, 0.15) is 58.3 Å². The summed E-state index contributed by atoms with van der Waals surface area (Å²) in [6, 6.07) is 1.33. The van der Waals surface area contributed by atoms with Crippen molar-refractivity contribution >= 4 is 0 Å². The summed E-state index contributed by atoms with van der Waals surface area (Å²) in [6.07, 6.45) is 11.0. The van der Waals surface area contributed by atoms with Crippen LogP contribution in [-0.2, 0) is 0 Å². The topological polar surface area (TPSA) is 32.5 Å². The number of hydrogen-bond acceptors (Lipinski definition) is 3. The van der Waals surface area contributed by atoms with Crippen LogP contribution in [0.2, 0.25) is 0 Å². The molecule has 0 amide bonds. The second kappa shape index (κ2) is 7.43. The first kappa shape index (κ1) is 15.8. The Morgan fingerprint density at radius 3 is 2.33 bits per heavy atom. The van der Waals surface area contributed by atoms with Gasteiger partial charge in [0.05, 0.1) is 0 Å². The highest BCUT2D eigenvalue weighted by Gasteiger charge is 2.30. The largest absolute Gasteiger partial charge is 0.327 e. The van der Waals surface area contributed by atoms with Gasteiger partial charge in [0, 0.05) is 18.6 Å². The monoisotopic (exact) mass is 293 g/mol. The van der Waals surface area contributed by atoms with Crippen molar-refractivity contribution in [2.75, 3.05) is 32.7 Å². The summed E-state index contributed by atoms with van der Waals surface area (Å²) >= 11 is 0. The van der Waals surface area contributed by atoms with E-state index in [0.717, 1.165) is 17.9 Å². The highest BCUT2D eigenvalue weighted by molar-refractivity contribution is 4.86. The van der Waals surface area contributed by atoms with Crippen molar-refractivity contribution in [3.05, 3.63) is 0 Å². The standard InChI is InChI=1S/C18H35N3/c1-15-5-6-18(19)16(13-15)14-20-11-7-17(8-12-20)21-9-3-2-4-10-21/h15-18H,2-14,19H2,1H3. The molecule has 0 bridgehead atoms. The maximum atomic E-state index is 6.37. The molecule has 21 heavy (non-hydrogen) atoms. The van der Waals surface area contributed by atoms with E-state index in [-0.39, 0.29) is 0 Å². The number of piperidine rings is 2. The Bertz CT molecular complexity index is 306. The van der Waals surface area contributed by atoms with Crippen LogP contribution in [0, 0.1) is 11.8 Å². The Kier molecular flexibility index (Phi) is 5.58. The molecule has 3 atom stereocenters. The molecule has 3 rings (SSSR count). The molecule has 3 nitrogen and oxygen atoms in total. The highest BCUT2D eigenvalue weighted by atomic mass is 15.2. The maximum Gasteiger partial charge on any atom is 0.0120 e. The van der Waals surface area contributed by atoms with Crippen molar-refractivity contribution in [2.24, 2.45) is 17.6 Å². The van der Waals surface area contributed by atoms with Crippen LogP contribution in [0.4, 0.5) is 0 Å². The van der Waals surface area contributed by atoms with Crippen molar-refractivity contribution in [2.45, 2.75) is 70.4 Å². The van der Waals surface area contributed by atoms with Gasteiger partial charge in [-0.1, -0.05) is 13.3 Å². The molecule has 3 fully saturated rings. The van der Waals surface area contributed by atoms with Crippen LogP contribution < -0.4 is 5.73 Å². The Labute approximate surface area is 131 Å². The Morgan fingerprint density at radius 1 is 0.905 bits per heavy atom. The van der Waals surface area contributed by atoms with E-state index < -0.39 is 0 Å². The highest BCUT2D eigenvalue weighted by Crippen LogP contribution is 2.29. The lowest BCUT2D eigenvalue weighted by atomic mass is 9.79. The fraction of sp³-hybridized carbons (Fsp3) is 1.00. The molecular formula is C18H35N3. The van der Waals surface area contributed by atoms with Gasteiger partial charge in [0.25, 0.3) is 0 Å². The second-order valence-electron chi connectivity index (χ2n) is 7.97. The molecule has 1 saturated carbocycles. The molecule has 3 heteroatoms. The van der Waals surface area contributed by atoms with E-state index in [4.69, 9.17) is 5.73 Å². The number of likely N-dealkylation sites (tertiary alicyclic amines) is 2. The SMILES string of the molecule is CC1CCC(N)C(CN2CCC(N3CCCCC3)CC2)C1. The summed E-state index contributed by atoms with van der Waals surface area (Å²) < 4.78 is 0. The molecule has 0 radical (unpaired) electrons. The third-order valence-electron chi connectivity index (χ3n) is 6.26. The number of nitrogens with zero attached hydrogens (tertiary/aromatic N) is 2. The zero-order valence-electron chi connectivity index (χ0n) is 14.0. The molecule has 0 aromatic heterocycles. The number of nitrogens with two attached hydrogens (primary N) is 1. The van der Waals surface area contributed by atoms with E-state index in [9.17, 15) is 0 Å². The van der Waals surface area contributed by atoms with Gasteiger partial charge in [-0.2, -0.15) is 0 Å². The Balaban J connectivity index is 1.42. The smallest absolute Gasteiger partial charge is 0.0120 e. The molecule has 3 unspecified atom stereocenters. The van der Waals surface area contributed by atoms with Crippen molar-refractivity contribution in [3.8, 4) is 0 Å². The predicted octanol–water partition coefficient (Wildman–Crippen LogP) is 2.70. The van der Waals surface area contributed by atoms with Crippen molar-refractivity contribution in [3.63, 3.8) is 0 Å². The van der Waals surface area contributed by atoms with Gasteiger partial charge in [-0.05, 0) is 83.0 Å². The molecule has 0 spiro atoms. The van der Waals surface area contributed by atoms with E-state index in [2.05, 4.69) is 16.7 Å². The van der Waals surface area contributed by atoms with Crippen molar-refractivity contribution in [1.82, 2.24) is 9.80 Å². The fourth-order valence-electron chi connectivity index (χ4n) is 4.81. The predicted molar refractivity (Wildman–Crippen MR) is 89.4 cm³/mol. The molecule has 122 valence electrons. The van der Waals surface area contributed by atoms with Crippen LogP contribution in [0.15, 0.2) is 0 Å². The lowest BCUT2D eigenvalue weighted by molar-refractivity contribution is 0.0754. The van der Waals surface area contributed by atoms with Crippen LogP contribution in [-0.4, -0.2) is 54.6 Å². The van der Waals surface area contributed by atoms with Gasteiger partial charge in [-0.3, -0.25) is 0 Å². The molecule has 1 aliphatic carbocycles. The first-order valence-electron chi connectivity index (χ1n) is 9.44. The quantitative estimate of drug-likeness (QED) is 0.868. The van der Waals surface area contributed by atoms with Gasteiger partial charge in [0.15, 0.2) is 0 Å². The second-order valence-corrected chi connectivity index (χ2v) is 7.97. The molecule has 2 aliphatic heterocycles. The summed E-state index contributed by atoms with van der Waals surface area (Å²) in [5.74, 6) is 1.64. The van der Waals surface area contributed by atoms with Crippen LogP contribution in [0.25, 0.3) is 0 Å². The van der Waals surface area contributed by atoms with Gasteiger partial charge < -0.3 is 15.5 Å². The Hall–Kier alpha value is -0.120. The average molecular weight is 293 g/mol. The van der Waals surface area contributed by atoms with Crippen LogP contribution in [0.3, 0.4) is 0 Å². The lowest BCUT2D eigenvalue weighted by Crippen LogP contribution is -2.49. The molecule has 2 N–H and O–H groups in total. The minimum absolute atomic E-state index is 0.459. The zero-order valence-corrected chi connectivity index (χ0v) is 14.0. The van der Waals surface area contributed by atoms with Crippen LogP contribution in [0.5, 0.6) is 0 Å². The number of hydrogen-bond donors (Lipinski definition) is 1. The molecule has 2 saturated heterocycles. The van der Waals surface area contributed by atoms with E-state index in [1.807, 2.05) is 0 Å². The average Bonchev–Trinajstić information content (AvgIpc) is 2.53. The summed E-state index contributed by atoms with van der Waals surface area (Å²) in [5.41, 5.74) is 6.37. The van der Waals surface area contributed by atoms with Gasteiger partial charge >= 0.3 is 0 Å². The third kappa shape index (κ3) is 4.20. The van der Waals surface area contributed by atoms with Gasteiger partial charge in [-0.15, -0.1) is 0 Å². The normalized spacial score (nSPS) is 37.7. The Morgan fingerprint density at radius 2 is 1.62 bits per heavy atom. The van der Waals surface area contributed by atoms with Crippen molar-refractivity contribution in [1.29, 1.82) is 0 Å². The lowest BCUT2D eigenvalue weighted by Gasteiger charge is -2.42. The molecule has 3 aliphatic rings. The van der Waals surface area contributed by atoms with Crippen molar-refractivity contribution < 1.29 is 0 Å². The zero-order chi connectivity index (χ0) is 14.7. The molecule has 0 aromatic rings. The first-order valence-corrected chi connectivity index (χ1v) is 9.44. The van der Waals surface area contributed by atoms with E-state index in [1.165, 1.54) is 84.1 Å². The molecular weight excluding hydrogens is 258 g/mol. The molecule has 2 heterocycles. The minimum atomic E-state index is 0.459. The van der Waals surface area contributed by atoms with Gasteiger partial charge in [0.1, 0.15) is 0 Å². The summed E-state index contributed by atoms with van der Waals surface area (Å²) in [5, 5.41) is 0. The van der Waals surface area contributed by atoms with Gasteiger partial charge in [-0.25, -0.2) is 0 Å². The van der Waals surface area contributed by atoms with Crippen LogP contribution >= 0.6 is 0 Å². The van der Waals surface area contributed by atoms with E-state index in [0.29, 0.717) is 6.04 Å².